The van der Waals surface area contributed by atoms with Crippen LogP contribution >= 0.6 is 0 Å². The third-order valence-electron chi connectivity index (χ3n) is 3.27. The number of nitriles is 1. The third kappa shape index (κ3) is 2.64. The van der Waals surface area contributed by atoms with Gasteiger partial charge in [0.05, 0.1) is 5.69 Å². The molecular formula is C14H15N5. The number of rotatable bonds is 4. The molecule has 1 fully saturated rings. The summed E-state index contributed by atoms with van der Waals surface area (Å²) in [4.78, 5) is 3.92. The summed E-state index contributed by atoms with van der Waals surface area (Å²) in [5.41, 5.74) is 3.36. The molecule has 1 aromatic carbocycles. The fourth-order valence-electron chi connectivity index (χ4n) is 2.06. The maximum absolute atomic E-state index is 8.74. The molecule has 5 heteroatoms. The van der Waals surface area contributed by atoms with Crippen molar-refractivity contribution >= 4 is 0 Å². The molecule has 0 spiro atoms. The first-order valence-electron chi connectivity index (χ1n) is 6.41. The molecule has 1 saturated carbocycles. The maximum atomic E-state index is 8.74. The van der Waals surface area contributed by atoms with Crippen LogP contribution < -0.4 is 5.32 Å². The van der Waals surface area contributed by atoms with E-state index in [1.807, 2.05) is 19.1 Å². The Kier molecular flexibility index (Phi) is 3.02. The highest BCUT2D eigenvalue weighted by molar-refractivity contribution is 5.42. The van der Waals surface area contributed by atoms with Crippen LogP contribution in [0.5, 0.6) is 0 Å². The van der Waals surface area contributed by atoms with Gasteiger partial charge in [0.1, 0.15) is 12.4 Å². The van der Waals surface area contributed by atoms with Crippen LogP contribution in [0.3, 0.4) is 0 Å². The number of aromatic nitrogens is 3. The number of hydrogen-bond acceptors (Lipinski definition) is 4. The molecule has 1 aliphatic rings. The minimum absolute atomic E-state index is 0.193. The first kappa shape index (κ1) is 11.9. The third-order valence-corrected chi connectivity index (χ3v) is 3.27. The van der Waals surface area contributed by atoms with Gasteiger partial charge in [-0.05, 0) is 37.0 Å². The summed E-state index contributed by atoms with van der Waals surface area (Å²) in [6.45, 7) is 2.95. The van der Waals surface area contributed by atoms with Crippen molar-refractivity contribution in [3.8, 4) is 11.8 Å². The van der Waals surface area contributed by atoms with Gasteiger partial charge in [-0.3, -0.25) is 0 Å². The molecule has 1 heterocycles. The van der Waals surface area contributed by atoms with Crippen molar-refractivity contribution in [1.29, 1.82) is 5.26 Å². The molecule has 0 unspecified atom stereocenters. The fourth-order valence-corrected chi connectivity index (χ4v) is 2.06. The zero-order valence-electron chi connectivity index (χ0n) is 10.8. The van der Waals surface area contributed by atoms with Crippen LogP contribution in [-0.4, -0.2) is 20.8 Å². The molecular weight excluding hydrogens is 238 g/mol. The molecule has 96 valence electrons. The fraction of sp³-hybridized carbons (Fsp3) is 0.357. The van der Waals surface area contributed by atoms with E-state index >= 15 is 0 Å². The van der Waals surface area contributed by atoms with Gasteiger partial charge < -0.3 is 5.32 Å². The summed E-state index contributed by atoms with van der Waals surface area (Å²) >= 11 is 0. The number of nitrogens with one attached hydrogen (secondary N) is 1. The predicted molar refractivity (Wildman–Crippen MR) is 70.7 cm³/mol. The summed E-state index contributed by atoms with van der Waals surface area (Å²) in [7, 11) is 0. The summed E-state index contributed by atoms with van der Waals surface area (Å²) in [5.74, 6) is 0.193. The molecule has 0 atom stereocenters. The van der Waals surface area contributed by atoms with Gasteiger partial charge in [-0.2, -0.15) is 5.26 Å². The molecule has 3 rings (SSSR count). The number of aryl methyl sites for hydroxylation is 1. The van der Waals surface area contributed by atoms with Crippen molar-refractivity contribution in [3.63, 3.8) is 0 Å². The Bertz CT molecular complexity index is 634. The first-order chi connectivity index (χ1) is 9.26. The predicted octanol–water partition coefficient (Wildman–Crippen LogP) is 1.70. The molecule has 0 aliphatic heterocycles. The second kappa shape index (κ2) is 4.82. The van der Waals surface area contributed by atoms with E-state index in [0.717, 1.165) is 17.8 Å². The van der Waals surface area contributed by atoms with Crippen molar-refractivity contribution in [1.82, 2.24) is 20.1 Å². The molecule has 0 saturated heterocycles. The zero-order valence-corrected chi connectivity index (χ0v) is 10.8. The van der Waals surface area contributed by atoms with Crippen LogP contribution in [0, 0.1) is 18.3 Å². The lowest BCUT2D eigenvalue weighted by Gasteiger charge is -2.08. The molecule has 2 aromatic rings. The molecule has 5 nitrogen and oxygen atoms in total. The van der Waals surface area contributed by atoms with Crippen molar-refractivity contribution < 1.29 is 0 Å². The maximum Gasteiger partial charge on any atom is 0.252 e. The van der Waals surface area contributed by atoms with Gasteiger partial charge in [-0.15, -0.1) is 5.10 Å². The number of hydrogen-bond donors (Lipinski definition) is 1. The Morgan fingerprint density at radius 1 is 1.47 bits per heavy atom. The van der Waals surface area contributed by atoms with Crippen LogP contribution in [0.25, 0.3) is 5.69 Å². The Balaban J connectivity index is 1.80. The van der Waals surface area contributed by atoms with E-state index in [0.29, 0.717) is 6.04 Å². The summed E-state index contributed by atoms with van der Waals surface area (Å²) in [6, 6.07) is 8.91. The molecule has 0 bridgehead atoms. The Labute approximate surface area is 111 Å². The van der Waals surface area contributed by atoms with E-state index in [9.17, 15) is 0 Å². The number of nitrogens with zero attached hydrogens (tertiary/aromatic N) is 4. The van der Waals surface area contributed by atoms with Crippen molar-refractivity contribution in [2.45, 2.75) is 32.4 Å². The number of benzene rings is 1. The highest BCUT2D eigenvalue weighted by Crippen LogP contribution is 2.20. The second-order valence-electron chi connectivity index (χ2n) is 4.90. The summed E-state index contributed by atoms with van der Waals surface area (Å²) in [5, 5.41) is 16.3. The van der Waals surface area contributed by atoms with E-state index < -0.39 is 0 Å². The molecule has 0 amide bonds. The molecule has 1 N–H and O–H groups in total. The monoisotopic (exact) mass is 253 g/mol. The highest BCUT2D eigenvalue weighted by atomic mass is 15.3. The van der Waals surface area contributed by atoms with Gasteiger partial charge in [0.15, 0.2) is 0 Å². The minimum Gasteiger partial charge on any atom is -0.310 e. The topological polar surface area (TPSA) is 66.5 Å². The van der Waals surface area contributed by atoms with Gasteiger partial charge in [0.25, 0.3) is 5.82 Å². The van der Waals surface area contributed by atoms with Crippen molar-refractivity contribution in [2.75, 3.05) is 0 Å². The van der Waals surface area contributed by atoms with Crippen LogP contribution in [0.2, 0.25) is 0 Å². The lowest BCUT2D eigenvalue weighted by molar-refractivity contribution is 0.687. The summed E-state index contributed by atoms with van der Waals surface area (Å²) in [6.07, 6.45) is 4.17. The van der Waals surface area contributed by atoms with E-state index in [1.165, 1.54) is 18.4 Å². The molecule has 1 aliphatic carbocycles. The largest absolute Gasteiger partial charge is 0.310 e. The van der Waals surface area contributed by atoms with E-state index in [1.54, 1.807) is 11.0 Å². The van der Waals surface area contributed by atoms with Gasteiger partial charge >= 0.3 is 0 Å². The zero-order chi connectivity index (χ0) is 13.2. The summed E-state index contributed by atoms with van der Waals surface area (Å²) < 4.78 is 1.64. The Morgan fingerprint density at radius 3 is 2.95 bits per heavy atom. The molecule has 1 aromatic heterocycles. The quantitative estimate of drug-likeness (QED) is 0.900. The second-order valence-corrected chi connectivity index (χ2v) is 4.90. The van der Waals surface area contributed by atoms with E-state index in [4.69, 9.17) is 5.26 Å². The van der Waals surface area contributed by atoms with Gasteiger partial charge in [-0.25, -0.2) is 9.67 Å². The average Bonchev–Trinajstić information content (AvgIpc) is 3.13. The van der Waals surface area contributed by atoms with Gasteiger partial charge in [0, 0.05) is 12.6 Å². The van der Waals surface area contributed by atoms with Crippen LogP contribution in [-0.2, 0) is 6.54 Å². The smallest absolute Gasteiger partial charge is 0.252 e. The normalized spacial score (nSPS) is 14.3. The lowest BCUT2D eigenvalue weighted by atomic mass is 10.1. The standard InChI is InChI=1S/C14H15N5/c1-10-6-11(8-16-12-3-4-12)2-5-13(10)19-9-17-14(7-15)18-19/h2,5-6,9,12,16H,3-4,8H2,1H3. The lowest BCUT2D eigenvalue weighted by Crippen LogP contribution is -2.15. The van der Waals surface area contributed by atoms with Gasteiger partial charge in [-0.1, -0.05) is 12.1 Å². The van der Waals surface area contributed by atoms with E-state index in [2.05, 4.69) is 27.5 Å². The molecule has 0 radical (unpaired) electrons. The van der Waals surface area contributed by atoms with Crippen LogP contribution in [0.15, 0.2) is 24.5 Å². The van der Waals surface area contributed by atoms with E-state index in [-0.39, 0.29) is 5.82 Å². The van der Waals surface area contributed by atoms with Crippen molar-refractivity contribution in [3.05, 3.63) is 41.5 Å². The Hall–Kier alpha value is -2.19. The first-order valence-corrected chi connectivity index (χ1v) is 6.41. The van der Waals surface area contributed by atoms with Crippen LogP contribution in [0.4, 0.5) is 0 Å². The van der Waals surface area contributed by atoms with Crippen LogP contribution in [0.1, 0.15) is 29.8 Å². The van der Waals surface area contributed by atoms with Crippen molar-refractivity contribution in [2.24, 2.45) is 0 Å². The highest BCUT2D eigenvalue weighted by Gasteiger charge is 2.19. The average molecular weight is 253 g/mol. The molecule has 19 heavy (non-hydrogen) atoms. The Morgan fingerprint density at radius 2 is 2.32 bits per heavy atom. The SMILES string of the molecule is Cc1cc(CNC2CC2)ccc1-n1cnc(C#N)n1. The van der Waals surface area contributed by atoms with Gasteiger partial charge in [0.2, 0.25) is 0 Å². The minimum atomic E-state index is 0.193.